The molecule has 1 aliphatic rings. The van der Waals surface area contributed by atoms with Gasteiger partial charge in [0.05, 0.1) is 11.6 Å². The van der Waals surface area contributed by atoms with Crippen molar-refractivity contribution in [2.24, 2.45) is 5.92 Å². The Bertz CT molecular complexity index is 510. The predicted octanol–water partition coefficient (Wildman–Crippen LogP) is 2.00. The van der Waals surface area contributed by atoms with Crippen molar-refractivity contribution < 1.29 is 14.3 Å². The summed E-state index contributed by atoms with van der Waals surface area (Å²) in [6.07, 6.45) is 1.36. The van der Waals surface area contributed by atoms with E-state index in [1.165, 1.54) is 12.1 Å². The molecule has 0 amide bonds. The molecule has 5 heteroatoms. The molecule has 1 unspecified atom stereocenters. The van der Waals surface area contributed by atoms with E-state index in [0.717, 1.165) is 6.42 Å². The van der Waals surface area contributed by atoms with Crippen LogP contribution in [0.1, 0.15) is 18.4 Å². The van der Waals surface area contributed by atoms with Crippen molar-refractivity contribution in [3.05, 3.63) is 29.6 Å². The van der Waals surface area contributed by atoms with Gasteiger partial charge in [-0.05, 0) is 25.0 Å². The van der Waals surface area contributed by atoms with Crippen molar-refractivity contribution in [1.29, 1.82) is 5.26 Å². The number of halogens is 1. The first-order valence-corrected chi connectivity index (χ1v) is 5.80. The lowest BCUT2D eigenvalue weighted by Gasteiger charge is -2.33. The van der Waals surface area contributed by atoms with Crippen LogP contribution in [0.2, 0.25) is 0 Å². The largest absolute Gasteiger partial charge is 0.481 e. The first-order valence-electron chi connectivity index (χ1n) is 5.80. The van der Waals surface area contributed by atoms with Gasteiger partial charge in [-0.3, -0.25) is 4.79 Å². The second kappa shape index (κ2) is 5.05. The number of carboxylic acids is 1. The van der Waals surface area contributed by atoms with E-state index in [1.54, 1.807) is 11.0 Å². The van der Waals surface area contributed by atoms with Crippen LogP contribution in [0.25, 0.3) is 0 Å². The van der Waals surface area contributed by atoms with Crippen molar-refractivity contribution in [1.82, 2.24) is 0 Å². The number of nitriles is 1. The number of hydrogen-bond donors (Lipinski definition) is 1. The van der Waals surface area contributed by atoms with Crippen LogP contribution in [0.15, 0.2) is 18.2 Å². The zero-order valence-electron chi connectivity index (χ0n) is 9.77. The zero-order valence-corrected chi connectivity index (χ0v) is 9.77. The van der Waals surface area contributed by atoms with E-state index in [-0.39, 0.29) is 5.56 Å². The van der Waals surface area contributed by atoms with Crippen LogP contribution in [0.4, 0.5) is 10.1 Å². The van der Waals surface area contributed by atoms with Gasteiger partial charge in [-0.1, -0.05) is 6.07 Å². The fraction of sp³-hybridized carbons (Fsp3) is 0.385. The molecule has 0 radical (unpaired) electrons. The molecule has 94 valence electrons. The maximum absolute atomic E-state index is 13.5. The second-order valence-corrected chi connectivity index (χ2v) is 4.37. The Morgan fingerprint density at radius 1 is 1.56 bits per heavy atom. The standard InChI is InChI=1S/C13H13FN2O2/c14-11-4-1-5-12(10(11)7-15)16-6-2-3-9(8-16)13(17)18/h1,4-5,9H,2-3,6,8H2,(H,17,18). The molecule has 0 bridgehead atoms. The highest BCUT2D eigenvalue weighted by Crippen LogP contribution is 2.27. The van der Waals surface area contributed by atoms with Gasteiger partial charge in [-0.2, -0.15) is 5.26 Å². The van der Waals surface area contributed by atoms with E-state index in [4.69, 9.17) is 10.4 Å². The van der Waals surface area contributed by atoms with Crippen LogP contribution in [-0.4, -0.2) is 24.2 Å². The number of carboxylic acid groups (broad SMARTS) is 1. The second-order valence-electron chi connectivity index (χ2n) is 4.37. The minimum Gasteiger partial charge on any atom is -0.481 e. The van der Waals surface area contributed by atoms with Gasteiger partial charge in [-0.25, -0.2) is 4.39 Å². The highest BCUT2D eigenvalue weighted by atomic mass is 19.1. The quantitative estimate of drug-likeness (QED) is 0.869. The monoisotopic (exact) mass is 248 g/mol. The molecular formula is C13H13FN2O2. The fourth-order valence-electron chi connectivity index (χ4n) is 2.28. The van der Waals surface area contributed by atoms with Crippen LogP contribution in [0.3, 0.4) is 0 Å². The lowest BCUT2D eigenvalue weighted by Crippen LogP contribution is -2.39. The number of rotatable bonds is 2. The number of nitrogens with zero attached hydrogens (tertiary/aromatic N) is 2. The van der Waals surface area contributed by atoms with E-state index in [0.29, 0.717) is 25.2 Å². The average Bonchev–Trinajstić information content (AvgIpc) is 2.38. The Balaban J connectivity index is 2.29. The Kier molecular flexibility index (Phi) is 3.47. The van der Waals surface area contributed by atoms with Gasteiger partial charge in [-0.15, -0.1) is 0 Å². The van der Waals surface area contributed by atoms with Crippen molar-refractivity contribution in [3.8, 4) is 6.07 Å². The van der Waals surface area contributed by atoms with Gasteiger partial charge in [0.1, 0.15) is 17.4 Å². The molecule has 1 N–H and O–H groups in total. The van der Waals surface area contributed by atoms with Gasteiger partial charge in [0, 0.05) is 13.1 Å². The Hall–Kier alpha value is -2.09. The molecule has 4 nitrogen and oxygen atoms in total. The summed E-state index contributed by atoms with van der Waals surface area (Å²) in [4.78, 5) is 12.8. The molecule has 1 atom stereocenters. The number of piperidine rings is 1. The summed E-state index contributed by atoms with van der Waals surface area (Å²) in [6.45, 7) is 0.982. The lowest BCUT2D eigenvalue weighted by atomic mass is 9.97. The molecule has 0 aromatic heterocycles. The highest BCUT2D eigenvalue weighted by molar-refractivity contribution is 5.72. The van der Waals surface area contributed by atoms with Crippen molar-refractivity contribution in [2.45, 2.75) is 12.8 Å². The summed E-state index contributed by atoms with van der Waals surface area (Å²) in [7, 11) is 0. The summed E-state index contributed by atoms with van der Waals surface area (Å²) in [6, 6.07) is 6.27. The average molecular weight is 248 g/mol. The van der Waals surface area contributed by atoms with Crippen LogP contribution < -0.4 is 4.90 Å². The topological polar surface area (TPSA) is 64.3 Å². The summed E-state index contributed by atoms with van der Waals surface area (Å²) in [5, 5.41) is 18.0. The highest BCUT2D eigenvalue weighted by Gasteiger charge is 2.27. The summed E-state index contributed by atoms with van der Waals surface area (Å²) >= 11 is 0. The molecule has 0 saturated carbocycles. The normalized spacial score (nSPS) is 19.3. The fourth-order valence-corrected chi connectivity index (χ4v) is 2.28. The van der Waals surface area contributed by atoms with Crippen LogP contribution >= 0.6 is 0 Å². The summed E-state index contributed by atoms with van der Waals surface area (Å²) in [5.74, 6) is -1.85. The molecule has 1 heterocycles. The number of benzene rings is 1. The van der Waals surface area contributed by atoms with Crippen molar-refractivity contribution in [2.75, 3.05) is 18.0 Å². The molecule has 18 heavy (non-hydrogen) atoms. The van der Waals surface area contributed by atoms with Gasteiger partial charge in [0.2, 0.25) is 0 Å². The minimum atomic E-state index is -0.838. The number of carbonyl (C=O) groups is 1. The molecular weight excluding hydrogens is 235 g/mol. The van der Waals surface area contributed by atoms with Crippen molar-refractivity contribution >= 4 is 11.7 Å². The lowest BCUT2D eigenvalue weighted by molar-refractivity contribution is -0.141. The third-order valence-electron chi connectivity index (χ3n) is 3.21. The molecule has 1 saturated heterocycles. The van der Waals surface area contributed by atoms with Crippen LogP contribution in [0.5, 0.6) is 0 Å². The molecule has 1 aromatic rings. The number of aliphatic carboxylic acids is 1. The molecule has 0 aliphatic carbocycles. The Morgan fingerprint density at radius 2 is 2.33 bits per heavy atom. The molecule has 0 spiro atoms. The van der Waals surface area contributed by atoms with Gasteiger partial charge < -0.3 is 10.0 Å². The van der Waals surface area contributed by atoms with Gasteiger partial charge in [0.15, 0.2) is 0 Å². The third-order valence-corrected chi connectivity index (χ3v) is 3.21. The van der Waals surface area contributed by atoms with E-state index in [2.05, 4.69) is 0 Å². The van der Waals surface area contributed by atoms with E-state index < -0.39 is 17.7 Å². The Morgan fingerprint density at radius 3 is 3.00 bits per heavy atom. The SMILES string of the molecule is N#Cc1c(F)cccc1N1CCCC(C(=O)O)C1. The van der Waals surface area contributed by atoms with Crippen LogP contribution in [-0.2, 0) is 4.79 Å². The zero-order chi connectivity index (χ0) is 13.1. The minimum absolute atomic E-state index is 0.0106. The third kappa shape index (κ3) is 2.28. The summed E-state index contributed by atoms with van der Waals surface area (Å²) < 4.78 is 13.5. The first kappa shape index (κ1) is 12.4. The predicted molar refractivity (Wildman–Crippen MR) is 63.7 cm³/mol. The van der Waals surface area contributed by atoms with E-state index in [1.807, 2.05) is 6.07 Å². The maximum Gasteiger partial charge on any atom is 0.308 e. The molecule has 1 aromatic carbocycles. The van der Waals surface area contributed by atoms with Crippen molar-refractivity contribution in [3.63, 3.8) is 0 Å². The molecule has 2 rings (SSSR count). The van der Waals surface area contributed by atoms with Gasteiger partial charge >= 0.3 is 5.97 Å². The smallest absolute Gasteiger partial charge is 0.308 e. The maximum atomic E-state index is 13.5. The van der Waals surface area contributed by atoms with Crippen LogP contribution in [0, 0.1) is 23.1 Å². The Labute approximate surface area is 104 Å². The van der Waals surface area contributed by atoms with E-state index >= 15 is 0 Å². The number of anilines is 1. The van der Waals surface area contributed by atoms with E-state index in [9.17, 15) is 9.18 Å². The first-order chi connectivity index (χ1) is 8.63. The number of hydrogen-bond acceptors (Lipinski definition) is 3. The van der Waals surface area contributed by atoms with Gasteiger partial charge in [0.25, 0.3) is 0 Å². The molecule has 1 fully saturated rings. The summed E-state index contributed by atoms with van der Waals surface area (Å²) in [5.41, 5.74) is 0.479. The molecule has 1 aliphatic heterocycles.